The highest BCUT2D eigenvalue weighted by molar-refractivity contribution is 4.84. The van der Waals surface area contributed by atoms with E-state index in [1.165, 1.54) is 0 Å². The molecule has 2 heteroatoms. The quantitative estimate of drug-likeness (QED) is 0.530. The second-order valence-corrected chi connectivity index (χ2v) is 3.78. The van der Waals surface area contributed by atoms with E-state index in [-0.39, 0.29) is 12.0 Å². The molecule has 0 unspecified atom stereocenters. The summed E-state index contributed by atoms with van der Waals surface area (Å²) in [6.45, 7) is 3.83. The summed E-state index contributed by atoms with van der Waals surface area (Å²) < 4.78 is 0. The van der Waals surface area contributed by atoms with Gasteiger partial charge < -0.3 is 10.2 Å². The van der Waals surface area contributed by atoms with Crippen LogP contribution in [0.4, 0.5) is 0 Å². The van der Waals surface area contributed by atoms with E-state index in [2.05, 4.69) is 0 Å². The van der Waals surface area contributed by atoms with E-state index in [1.54, 1.807) is 0 Å². The molecule has 0 aromatic rings. The predicted octanol–water partition coefficient (Wildman–Crippen LogP) is 0.918. The fraction of sp³-hybridized carbons (Fsp3) is 1.00. The maximum absolute atomic E-state index is 9.55. The Kier molecular flexibility index (Phi) is 2.02. The van der Waals surface area contributed by atoms with Crippen LogP contribution in [0, 0.1) is 5.92 Å². The summed E-state index contributed by atoms with van der Waals surface area (Å²) >= 11 is 0. The van der Waals surface area contributed by atoms with E-state index in [9.17, 15) is 10.2 Å². The van der Waals surface area contributed by atoms with Gasteiger partial charge in [0.05, 0.1) is 11.7 Å². The topological polar surface area (TPSA) is 40.5 Å². The molecule has 0 aromatic carbocycles. The van der Waals surface area contributed by atoms with Crippen LogP contribution in [-0.2, 0) is 0 Å². The Labute approximate surface area is 61.9 Å². The molecule has 1 aliphatic carbocycles. The van der Waals surface area contributed by atoms with E-state index < -0.39 is 5.60 Å². The van der Waals surface area contributed by atoms with E-state index in [0.717, 1.165) is 19.3 Å². The average molecular weight is 144 g/mol. The third-order valence-electron chi connectivity index (χ3n) is 2.40. The Morgan fingerprint density at radius 1 is 1.50 bits per heavy atom. The normalized spacial score (nSPS) is 49.2. The maximum atomic E-state index is 9.55. The van der Waals surface area contributed by atoms with Crippen LogP contribution in [0.1, 0.15) is 33.1 Å². The first-order chi connectivity index (χ1) is 4.51. The fourth-order valence-electron chi connectivity index (χ4n) is 1.68. The van der Waals surface area contributed by atoms with Crippen LogP contribution in [0.25, 0.3) is 0 Å². The van der Waals surface area contributed by atoms with Crippen molar-refractivity contribution < 1.29 is 10.2 Å². The van der Waals surface area contributed by atoms with Crippen molar-refractivity contribution in [2.45, 2.75) is 44.8 Å². The zero-order chi connectivity index (χ0) is 7.78. The summed E-state index contributed by atoms with van der Waals surface area (Å²) in [7, 11) is 0. The minimum absolute atomic E-state index is 0.194. The van der Waals surface area contributed by atoms with Crippen molar-refractivity contribution in [1.82, 2.24) is 0 Å². The van der Waals surface area contributed by atoms with Gasteiger partial charge >= 0.3 is 0 Å². The highest BCUT2D eigenvalue weighted by Gasteiger charge is 2.32. The van der Waals surface area contributed by atoms with Crippen LogP contribution in [-0.4, -0.2) is 21.9 Å². The molecule has 0 spiro atoms. The van der Waals surface area contributed by atoms with Crippen molar-refractivity contribution in [1.29, 1.82) is 0 Å². The summed E-state index contributed by atoms with van der Waals surface area (Å²) in [4.78, 5) is 0. The molecule has 0 aliphatic heterocycles. The van der Waals surface area contributed by atoms with Crippen molar-refractivity contribution in [2.24, 2.45) is 5.92 Å². The molecule has 0 amide bonds. The predicted molar refractivity (Wildman–Crippen MR) is 39.6 cm³/mol. The van der Waals surface area contributed by atoms with Gasteiger partial charge in [-0.15, -0.1) is 0 Å². The summed E-state index contributed by atoms with van der Waals surface area (Å²) in [5.41, 5.74) is -0.529. The lowest BCUT2D eigenvalue weighted by Crippen LogP contribution is -2.37. The van der Waals surface area contributed by atoms with Crippen molar-refractivity contribution in [2.75, 3.05) is 0 Å². The van der Waals surface area contributed by atoms with Gasteiger partial charge in [0.15, 0.2) is 0 Å². The molecule has 2 N–H and O–H groups in total. The van der Waals surface area contributed by atoms with Gasteiger partial charge in [0.2, 0.25) is 0 Å². The van der Waals surface area contributed by atoms with Gasteiger partial charge in [0.1, 0.15) is 0 Å². The van der Waals surface area contributed by atoms with E-state index in [1.807, 2.05) is 13.8 Å². The van der Waals surface area contributed by atoms with Gasteiger partial charge in [0, 0.05) is 0 Å². The molecule has 60 valence electrons. The molecule has 1 fully saturated rings. The van der Waals surface area contributed by atoms with Crippen LogP contribution >= 0.6 is 0 Å². The van der Waals surface area contributed by atoms with Crippen molar-refractivity contribution >= 4 is 0 Å². The third kappa shape index (κ3) is 1.70. The van der Waals surface area contributed by atoms with Crippen LogP contribution in [0.3, 0.4) is 0 Å². The molecule has 3 atom stereocenters. The first-order valence-corrected chi connectivity index (χ1v) is 3.92. The lowest BCUT2D eigenvalue weighted by atomic mass is 9.78. The smallest absolute Gasteiger partial charge is 0.0624 e. The molecule has 2 nitrogen and oxygen atoms in total. The van der Waals surface area contributed by atoms with Crippen molar-refractivity contribution in [3.8, 4) is 0 Å². The summed E-state index contributed by atoms with van der Waals surface area (Å²) in [6, 6.07) is 0. The number of aliphatic hydroxyl groups excluding tert-OH is 1. The largest absolute Gasteiger partial charge is 0.393 e. The molecule has 0 aromatic heterocycles. The van der Waals surface area contributed by atoms with E-state index in [0.29, 0.717) is 0 Å². The second kappa shape index (κ2) is 2.51. The standard InChI is InChI=1S/C8H16O2/c1-6-5-8(2,10)4-3-7(6)9/h6-7,9-10H,3-5H2,1-2H3/t6-,7-,8-/m0/s1. The first kappa shape index (κ1) is 8.02. The van der Waals surface area contributed by atoms with E-state index >= 15 is 0 Å². The number of aliphatic hydroxyl groups is 2. The lowest BCUT2D eigenvalue weighted by Gasteiger charge is -2.35. The number of hydrogen-bond acceptors (Lipinski definition) is 2. The average Bonchev–Trinajstić information content (AvgIpc) is 1.79. The molecule has 0 heterocycles. The van der Waals surface area contributed by atoms with Crippen LogP contribution in [0.5, 0.6) is 0 Å². The zero-order valence-electron chi connectivity index (χ0n) is 6.67. The number of rotatable bonds is 0. The minimum atomic E-state index is -0.529. The summed E-state index contributed by atoms with van der Waals surface area (Å²) in [5.74, 6) is 0.253. The Morgan fingerprint density at radius 2 is 2.10 bits per heavy atom. The highest BCUT2D eigenvalue weighted by Crippen LogP contribution is 2.31. The van der Waals surface area contributed by atoms with Gasteiger partial charge in [-0.2, -0.15) is 0 Å². The lowest BCUT2D eigenvalue weighted by molar-refractivity contribution is -0.0468. The molecule has 1 aliphatic rings. The van der Waals surface area contributed by atoms with Crippen LogP contribution in [0.2, 0.25) is 0 Å². The molecule has 1 saturated carbocycles. The van der Waals surface area contributed by atoms with E-state index in [4.69, 9.17) is 0 Å². The molecule has 10 heavy (non-hydrogen) atoms. The summed E-state index contributed by atoms with van der Waals surface area (Å²) in [6.07, 6.45) is 2.01. The van der Waals surface area contributed by atoms with Gasteiger partial charge in [-0.3, -0.25) is 0 Å². The SMILES string of the molecule is C[C@H]1C[C@@](C)(O)CC[C@@H]1O. The van der Waals surface area contributed by atoms with Gasteiger partial charge in [0.25, 0.3) is 0 Å². The maximum Gasteiger partial charge on any atom is 0.0624 e. The Bertz CT molecular complexity index is 120. The summed E-state index contributed by atoms with van der Waals surface area (Å²) in [5, 5.41) is 18.9. The zero-order valence-corrected chi connectivity index (χ0v) is 6.67. The monoisotopic (exact) mass is 144 g/mol. The van der Waals surface area contributed by atoms with Crippen LogP contribution in [0.15, 0.2) is 0 Å². The molecular weight excluding hydrogens is 128 g/mol. The molecule has 0 saturated heterocycles. The highest BCUT2D eigenvalue weighted by atomic mass is 16.3. The molecule has 1 rings (SSSR count). The van der Waals surface area contributed by atoms with Crippen molar-refractivity contribution in [3.05, 3.63) is 0 Å². The van der Waals surface area contributed by atoms with Crippen molar-refractivity contribution in [3.63, 3.8) is 0 Å². The van der Waals surface area contributed by atoms with Gasteiger partial charge in [-0.1, -0.05) is 6.92 Å². The van der Waals surface area contributed by atoms with Gasteiger partial charge in [-0.25, -0.2) is 0 Å². The number of hydrogen-bond donors (Lipinski definition) is 2. The molecule has 0 radical (unpaired) electrons. The minimum Gasteiger partial charge on any atom is -0.393 e. The second-order valence-electron chi connectivity index (χ2n) is 3.78. The first-order valence-electron chi connectivity index (χ1n) is 3.92. The van der Waals surface area contributed by atoms with Gasteiger partial charge in [-0.05, 0) is 32.1 Å². The fourth-order valence-corrected chi connectivity index (χ4v) is 1.68. The molecule has 0 bridgehead atoms. The Balaban J connectivity index is 2.49. The Hall–Kier alpha value is -0.0800. The van der Waals surface area contributed by atoms with Crippen LogP contribution < -0.4 is 0 Å². The third-order valence-corrected chi connectivity index (χ3v) is 2.40. The molecular formula is C8H16O2. The Morgan fingerprint density at radius 3 is 2.50 bits per heavy atom.